The molecule has 1 amide bonds. The van der Waals surface area contributed by atoms with Gasteiger partial charge in [0.25, 0.3) is 0 Å². The van der Waals surface area contributed by atoms with Gasteiger partial charge in [-0.05, 0) is 64.2 Å². The first kappa shape index (κ1) is 58.8. The highest BCUT2D eigenvalue weighted by molar-refractivity contribution is 5.80. The van der Waals surface area contributed by atoms with Crippen LogP contribution in [0.2, 0.25) is 0 Å². The minimum atomic E-state index is -1.28. The molecule has 0 aromatic rings. The molecule has 0 saturated heterocycles. The number of hydrogen-bond acceptors (Lipinski definition) is 5. The molecule has 6 heteroatoms. The number of unbranched alkanes of at least 4 members (excludes halogenated alkanes) is 36. The van der Waals surface area contributed by atoms with Crippen LogP contribution >= 0.6 is 0 Å². The minimum absolute atomic E-state index is 0.363. The van der Waals surface area contributed by atoms with E-state index < -0.39 is 36.9 Å². The number of carbonyl (C=O) groups is 1. The van der Waals surface area contributed by atoms with Gasteiger partial charge in [-0.1, -0.05) is 244 Å². The van der Waals surface area contributed by atoms with E-state index in [4.69, 9.17) is 0 Å². The highest BCUT2D eigenvalue weighted by Gasteiger charge is 2.28. The van der Waals surface area contributed by atoms with Crippen molar-refractivity contribution in [2.45, 2.75) is 308 Å². The molecule has 0 saturated carbocycles. The molecule has 5 N–H and O–H groups in total. The van der Waals surface area contributed by atoms with Gasteiger partial charge in [0.2, 0.25) is 5.91 Å². The van der Waals surface area contributed by atoms with E-state index in [1.165, 1.54) is 218 Å². The van der Waals surface area contributed by atoms with Gasteiger partial charge in [-0.25, -0.2) is 0 Å². The van der Waals surface area contributed by atoms with Crippen LogP contribution in [0.3, 0.4) is 0 Å². The molecule has 0 rings (SSSR count). The predicted molar refractivity (Wildman–Crippen MR) is 261 cm³/mol. The van der Waals surface area contributed by atoms with Crippen LogP contribution in [0.25, 0.3) is 0 Å². The summed E-state index contributed by atoms with van der Waals surface area (Å²) in [7, 11) is 0. The molecule has 60 heavy (non-hydrogen) atoms. The van der Waals surface area contributed by atoms with Crippen molar-refractivity contribution in [3.05, 3.63) is 24.3 Å². The van der Waals surface area contributed by atoms with E-state index in [0.29, 0.717) is 12.8 Å². The molecule has 0 aromatic heterocycles. The number of nitrogens with one attached hydrogen (secondary N) is 1. The van der Waals surface area contributed by atoms with Gasteiger partial charge >= 0.3 is 0 Å². The molecule has 356 valence electrons. The fraction of sp³-hybridized carbons (Fsp3) is 0.907. The number of hydrogen-bond donors (Lipinski definition) is 5. The van der Waals surface area contributed by atoms with Gasteiger partial charge in [-0.3, -0.25) is 4.79 Å². The molecular formula is C54H105NO5. The molecule has 0 bridgehead atoms. The second-order valence-electron chi connectivity index (χ2n) is 18.6. The molecule has 0 aliphatic carbocycles. The predicted octanol–water partition coefficient (Wildman–Crippen LogP) is 15.1. The van der Waals surface area contributed by atoms with E-state index >= 15 is 0 Å². The fourth-order valence-electron chi connectivity index (χ4n) is 8.40. The third kappa shape index (κ3) is 42.1. The van der Waals surface area contributed by atoms with E-state index in [0.717, 1.165) is 38.5 Å². The molecule has 0 fully saturated rings. The van der Waals surface area contributed by atoms with Crippen molar-refractivity contribution in [1.82, 2.24) is 5.32 Å². The monoisotopic (exact) mass is 848 g/mol. The topological polar surface area (TPSA) is 110 Å². The summed E-state index contributed by atoms with van der Waals surface area (Å²) in [5.41, 5.74) is 0. The second kappa shape index (κ2) is 48.8. The first-order valence-electron chi connectivity index (χ1n) is 26.7. The SMILES string of the molecule is CCCCCCCCCCCCCC/C=C\CCCCCCCCCCCCC(O)C(=O)NC(CO)C(O)C(O)CCC/C=C/CCCCCCCCCCCCCCC. The van der Waals surface area contributed by atoms with Gasteiger partial charge in [0.15, 0.2) is 0 Å². The highest BCUT2D eigenvalue weighted by atomic mass is 16.3. The lowest BCUT2D eigenvalue weighted by molar-refractivity contribution is -0.132. The van der Waals surface area contributed by atoms with Gasteiger partial charge in [-0.15, -0.1) is 0 Å². The van der Waals surface area contributed by atoms with Gasteiger partial charge in [-0.2, -0.15) is 0 Å². The molecule has 0 aliphatic heterocycles. The van der Waals surface area contributed by atoms with Crippen molar-refractivity contribution in [2.24, 2.45) is 0 Å². The first-order valence-corrected chi connectivity index (χ1v) is 26.7. The Balaban J connectivity index is 3.66. The summed E-state index contributed by atoms with van der Waals surface area (Å²) >= 11 is 0. The standard InChI is InChI=1S/C54H105NO5/c1-3-5-7-9-11-13-15-17-19-21-23-24-25-26-27-28-29-30-32-34-36-38-40-42-44-46-48-52(58)54(60)55-50(49-56)53(59)51(57)47-45-43-41-39-37-35-33-31-22-20-18-16-14-12-10-8-6-4-2/h26-27,39,41,50-53,56-59H,3-25,28-38,40,42-49H2,1-2H3,(H,55,60)/b27-26-,41-39+. The van der Waals surface area contributed by atoms with Crippen LogP contribution < -0.4 is 5.32 Å². The van der Waals surface area contributed by atoms with E-state index in [2.05, 4.69) is 43.5 Å². The largest absolute Gasteiger partial charge is 0.394 e. The van der Waals surface area contributed by atoms with E-state index in [1.54, 1.807) is 0 Å². The normalized spacial score (nSPS) is 14.0. The Morgan fingerprint density at radius 1 is 0.400 bits per heavy atom. The summed E-state index contributed by atoms with van der Waals surface area (Å²) in [5.74, 6) is -0.591. The maximum Gasteiger partial charge on any atom is 0.249 e. The Labute approximate surface area is 374 Å². The second-order valence-corrected chi connectivity index (χ2v) is 18.6. The van der Waals surface area contributed by atoms with Gasteiger partial charge in [0.1, 0.15) is 12.2 Å². The zero-order chi connectivity index (χ0) is 43.8. The highest BCUT2D eigenvalue weighted by Crippen LogP contribution is 2.17. The maximum absolute atomic E-state index is 12.6. The third-order valence-electron chi connectivity index (χ3n) is 12.6. The summed E-state index contributed by atoms with van der Waals surface area (Å²) < 4.78 is 0. The lowest BCUT2D eigenvalue weighted by atomic mass is 10.00. The fourth-order valence-corrected chi connectivity index (χ4v) is 8.40. The lowest BCUT2D eigenvalue weighted by Gasteiger charge is -2.27. The number of aliphatic hydroxyl groups is 4. The van der Waals surface area contributed by atoms with Crippen molar-refractivity contribution in [2.75, 3.05) is 6.61 Å². The van der Waals surface area contributed by atoms with Crippen molar-refractivity contribution in [1.29, 1.82) is 0 Å². The van der Waals surface area contributed by atoms with Crippen molar-refractivity contribution in [3.8, 4) is 0 Å². The third-order valence-corrected chi connectivity index (χ3v) is 12.6. The van der Waals surface area contributed by atoms with Gasteiger partial charge in [0, 0.05) is 0 Å². The molecule has 4 atom stereocenters. The Bertz CT molecular complexity index is 909. The van der Waals surface area contributed by atoms with Crippen LogP contribution in [0.1, 0.15) is 284 Å². The van der Waals surface area contributed by atoms with Crippen LogP contribution in [-0.2, 0) is 4.79 Å². The molecule has 4 unspecified atom stereocenters. The Morgan fingerprint density at radius 2 is 0.683 bits per heavy atom. The zero-order valence-electron chi connectivity index (χ0n) is 40.2. The zero-order valence-corrected chi connectivity index (χ0v) is 40.2. The molecule has 0 radical (unpaired) electrons. The Kier molecular flexibility index (Phi) is 47.8. The number of carbonyl (C=O) groups excluding carboxylic acids is 1. The number of allylic oxidation sites excluding steroid dienone is 4. The molecule has 0 heterocycles. The number of aliphatic hydroxyl groups excluding tert-OH is 4. The average molecular weight is 848 g/mol. The lowest BCUT2D eigenvalue weighted by Crippen LogP contribution is -2.53. The molecule has 0 spiro atoms. The first-order chi connectivity index (χ1) is 29.5. The minimum Gasteiger partial charge on any atom is -0.394 e. The van der Waals surface area contributed by atoms with Crippen molar-refractivity contribution < 1.29 is 25.2 Å². The Morgan fingerprint density at radius 3 is 1.00 bits per heavy atom. The molecule has 6 nitrogen and oxygen atoms in total. The molecule has 0 aliphatic rings. The van der Waals surface area contributed by atoms with Crippen LogP contribution in [0.5, 0.6) is 0 Å². The van der Waals surface area contributed by atoms with Gasteiger partial charge in [0.05, 0.1) is 18.8 Å². The Hall–Kier alpha value is -1.21. The van der Waals surface area contributed by atoms with Crippen LogP contribution in [-0.4, -0.2) is 57.3 Å². The molecular weight excluding hydrogens is 743 g/mol. The number of rotatable bonds is 49. The van der Waals surface area contributed by atoms with Crippen LogP contribution in [0, 0.1) is 0 Å². The maximum atomic E-state index is 12.6. The van der Waals surface area contributed by atoms with Gasteiger partial charge < -0.3 is 25.7 Å². The summed E-state index contributed by atoms with van der Waals surface area (Å²) in [5, 5.41) is 43.9. The van der Waals surface area contributed by atoms with Crippen LogP contribution in [0.15, 0.2) is 24.3 Å². The smallest absolute Gasteiger partial charge is 0.249 e. The van der Waals surface area contributed by atoms with Crippen LogP contribution in [0.4, 0.5) is 0 Å². The van der Waals surface area contributed by atoms with Crippen molar-refractivity contribution in [3.63, 3.8) is 0 Å². The van der Waals surface area contributed by atoms with E-state index in [-0.39, 0.29) is 0 Å². The van der Waals surface area contributed by atoms with E-state index in [1.807, 2.05) is 0 Å². The van der Waals surface area contributed by atoms with E-state index in [9.17, 15) is 25.2 Å². The van der Waals surface area contributed by atoms with Crippen molar-refractivity contribution >= 4 is 5.91 Å². The summed E-state index contributed by atoms with van der Waals surface area (Å²) in [4.78, 5) is 12.6. The summed E-state index contributed by atoms with van der Waals surface area (Å²) in [6.07, 6.45) is 58.1. The average Bonchev–Trinajstić information content (AvgIpc) is 3.25. The summed E-state index contributed by atoms with van der Waals surface area (Å²) in [6, 6.07) is -1.00. The quantitative estimate of drug-likeness (QED) is 0.0309. The molecule has 0 aromatic carbocycles. The summed E-state index contributed by atoms with van der Waals surface area (Å²) in [6.45, 7) is 4.07. The number of amides is 1.